The van der Waals surface area contributed by atoms with Gasteiger partial charge in [-0.15, -0.1) is 0 Å². The molecule has 1 heterocycles. The first-order valence-electron chi connectivity index (χ1n) is 6.88. The normalized spacial score (nSPS) is 34.3. The highest BCUT2D eigenvalue weighted by molar-refractivity contribution is 7.99. The SMILES string of the molecule is CSC1CCCCC1NC(=O)[C@H]1CCCCN1. The van der Waals surface area contributed by atoms with E-state index in [1.807, 2.05) is 11.8 Å². The molecule has 0 aromatic rings. The van der Waals surface area contributed by atoms with Gasteiger partial charge >= 0.3 is 0 Å². The van der Waals surface area contributed by atoms with Crippen LogP contribution in [0.25, 0.3) is 0 Å². The molecule has 2 fully saturated rings. The lowest BCUT2D eigenvalue weighted by Crippen LogP contribution is -2.52. The summed E-state index contributed by atoms with van der Waals surface area (Å²) in [5.41, 5.74) is 0. The smallest absolute Gasteiger partial charge is 0.237 e. The average molecular weight is 256 g/mol. The fourth-order valence-corrected chi connectivity index (χ4v) is 3.84. The second-order valence-corrected chi connectivity index (χ2v) is 6.25. The average Bonchev–Trinajstić information content (AvgIpc) is 2.40. The first kappa shape index (κ1) is 13.2. The number of amides is 1. The van der Waals surface area contributed by atoms with Crippen molar-refractivity contribution in [3.63, 3.8) is 0 Å². The minimum Gasteiger partial charge on any atom is -0.351 e. The van der Waals surface area contributed by atoms with E-state index in [-0.39, 0.29) is 11.9 Å². The van der Waals surface area contributed by atoms with Crippen LogP contribution in [0.1, 0.15) is 44.9 Å². The van der Waals surface area contributed by atoms with Crippen molar-refractivity contribution in [3.8, 4) is 0 Å². The standard InChI is InChI=1S/C13H24N2OS/c1-17-12-8-3-2-6-10(12)15-13(16)11-7-4-5-9-14-11/h10-12,14H,2-9H2,1H3,(H,15,16)/t10?,11-,12?/m1/s1. The molecule has 17 heavy (non-hydrogen) atoms. The Morgan fingerprint density at radius 3 is 2.65 bits per heavy atom. The van der Waals surface area contributed by atoms with Crippen molar-refractivity contribution < 1.29 is 4.79 Å². The zero-order valence-electron chi connectivity index (χ0n) is 10.7. The third kappa shape index (κ3) is 3.62. The molecule has 2 unspecified atom stereocenters. The second kappa shape index (κ2) is 6.64. The molecule has 3 atom stereocenters. The Hall–Kier alpha value is -0.220. The number of hydrogen-bond donors (Lipinski definition) is 2. The molecule has 3 nitrogen and oxygen atoms in total. The Morgan fingerprint density at radius 2 is 1.94 bits per heavy atom. The van der Waals surface area contributed by atoms with Gasteiger partial charge in [-0.2, -0.15) is 11.8 Å². The zero-order chi connectivity index (χ0) is 12.1. The van der Waals surface area contributed by atoms with E-state index in [1.165, 1.54) is 32.1 Å². The van der Waals surface area contributed by atoms with Gasteiger partial charge in [0.15, 0.2) is 0 Å². The number of carbonyl (C=O) groups is 1. The molecule has 1 aliphatic carbocycles. The van der Waals surface area contributed by atoms with Crippen molar-refractivity contribution in [1.82, 2.24) is 10.6 Å². The molecule has 1 saturated heterocycles. The fourth-order valence-electron chi connectivity index (χ4n) is 2.90. The highest BCUT2D eigenvalue weighted by Crippen LogP contribution is 2.27. The molecule has 98 valence electrons. The third-order valence-corrected chi connectivity index (χ3v) is 5.13. The Balaban J connectivity index is 1.83. The largest absolute Gasteiger partial charge is 0.351 e. The summed E-state index contributed by atoms with van der Waals surface area (Å²) in [5.74, 6) is 0.232. The summed E-state index contributed by atoms with van der Waals surface area (Å²) in [7, 11) is 0. The van der Waals surface area contributed by atoms with E-state index in [4.69, 9.17) is 0 Å². The highest BCUT2D eigenvalue weighted by Gasteiger charge is 2.28. The molecule has 0 bridgehead atoms. The van der Waals surface area contributed by atoms with Crippen LogP contribution in [-0.4, -0.2) is 36.0 Å². The lowest BCUT2D eigenvalue weighted by atomic mass is 9.94. The van der Waals surface area contributed by atoms with Gasteiger partial charge in [-0.1, -0.05) is 19.3 Å². The van der Waals surface area contributed by atoms with Crippen molar-refractivity contribution in [2.45, 2.75) is 62.3 Å². The minimum atomic E-state index is 0.0631. The number of thioether (sulfide) groups is 1. The van der Waals surface area contributed by atoms with E-state index in [2.05, 4.69) is 16.9 Å². The Labute approximate surface area is 108 Å². The van der Waals surface area contributed by atoms with E-state index in [0.717, 1.165) is 19.4 Å². The van der Waals surface area contributed by atoms with Gasteiger partial charge in [-0.25, -0.2) is 0 Å². The summed E-state index contributed by atoms with van der Waals surface area (Å²) < 4.78 is 0. The highest BCUT2D eigenvalue weighted by atomic mass is 32.2. The molecule has 1 aliphatic heterocycles. The molecule has 0 aromatic heterocycles. The monoisotopic (exact) mass is 256 g/mol. The van der Waals surface area contributed by atoms with Crippen LogP contribution < -0.4 is 10.6 Å². The van der Waals surface area contributed by atoms with Crippen molar-refractivity contribution in [2.24, 2.45) is 0 Å². The lowest BCUT2D eigenvalue weighted by Gasteiger charge is -2.33. The van der Waals surface area contributed by atoms with Gasteiger partial charge in [0, 0.05) is 11.3 Å². The lowest BCUT2D eigenvalue weighted by molar-refractivity contribution is -0.124. The van der Waals surface area contributed by atoms with E-state index in [0.29, 0.717) is 11.3 Å². The number of nitrogens with one attached hydrogen (secondary N) is 2. The molecule has 0 radical (unpaired) electrons. The zero-order valence-corrected chi connectivity index (χ0v) is 11.5. The number of rotatable bonds is 3. The van der Waals surface area contributed by atoms with Gasteiger partial charge < -0.3 is 10.6 Å². The second-order valence-electron chi connectivity index (χ2n) is 5.18. The first-order valence-corrected chi connectivity index (χ1v) is 8.16. The Bertz CT molecular complexity index is 254. The Kier molecular flexibility index (Phi) is 5.16. The van der Waals surface area contributed by atoms with Crippen LogP contribution in [0.3, 0.4) is 0 Å². The predicted molar refractivity (Wildman–Crippen MR) is 73.3 cm³/mol. The van der Waals surface area contributed by atoms with Crippen molar-refractivity contribution in [3.05, 3.63) is 0 Å². The minimum absolute atomic E-state index is 0.0631. The van der Waals surface area contributed by atoms with Crippen LogP contribution >= 0.6 is 11.8 Å². The summed E-state index contributed by atoms with van der Waals surface area (Å²) in [6.07, 6.45) is 10.5. The van der Waals surface area contributed by atoms with Crippen LogP contribution in [0.4, 0.5) is 0 Å². The molecule has 2 rings (SSSR count). The third-order valence-electron chi connectivity index (χ3n) is 3.96. The number of carbonyl (C=O) groups excluding carboxylic acids is 1. The fraction of sp³-hybridized carbons (Fsp3) is 0.923. The summed E-state index contributed by atoms with van der Waals surface area (Å²) in [5, 5.41) is 7.21. The van der Waals surface area contributed by atoms with Crippen LogP contribution in [0.5, 0.6) is 0 Å². The van der Waals surface area contributed by atoms with Crippen molar-refractivity contribution >= 4 is 17.7 Å². The van der Waals surface area contributed by atoms with Gasteiger partial charge in [-0.05, 0) is 38.5 Å². The molecule has 0 aromatic carbocycles. The molecule has 1 amide bonds. The summed E-state index contributed by atoms with van der Waals surface area (Å²) in [6.45, 7) is 0.995. The summed E-state index contributed by atoms with van der Waals surface area (Å²) >= 11 is 1.91. The van der Waals surface area contributed by atoms with Gasteiger partial charge in [0.05, 0.1) is 6.04 Å². The van der Waals surface area contributed by atoms with Gasteiger partial charge in [-0.3, -0.25) is 4.79 Å². The molecule has 2 N–H and O–H groups in total. The molecule has 2 aliphatic rings. The van der Waals surface area contributed by atoms with Gasteiger partial charge in [0.2, 0.25) is 5.91 Å². The Morgan fingerprint density at radius 1 is 1.18 bits per heavy atom. The maximum atomic E-state index is 12.1. The van der Waals surface area contributed by atoms with Crippen LogP contribution in [0.15, 0.2) is 0 Å². The maximum absolute atomic E-state index is 12.1. The number of piperidine rings is 1. The molecular weight excluding hydrogens is 232 g/mol. The summed E-state index contributed by atoms with van der Waals surface area (Å²) in [4.78, 5) is 12.1. The molecular formula is C13H24N2OS. The van der Waals surface area contributed by atoms with Gasteiger partial charge in [0.25, 0.3) is 0 Å². The van der Waals surface area contributed by atoms with Crippen molar-refractivity contribution in [1.29, 1.82) is 0 Å². The van der Waals surface area contributed by atoms with E-state index in [1.54, 1.807) is 0 Å². The topological polar surface area (TPSA) is 41.1 Å². The maximum Gasteiger partial charge on any atom is 0.237 e. The molecule has 1 saturated carbocycles. The molecule has 0 spiro atoms. The van der Waals surface area contributed by atoms with E-state index >= 15 is 0 Å². The van der Waals surface area contributed by atoms with Crippen LogP contribution in [-0.2, 0) is 4.79 Å². The van der Waals surface area contributed by atoms with Gasteiger partial charge in [0.1, 0.15) is 0 Å². The molecule has 4 heteroatoms. The number of hydrogen-bond acceptors (Lipinski definition) is 3. The van der Waals surface area contributed by atoms with E-state index < -0.39 is 0 Å². The summed E-state index contributed by atoms with van der Waals surface area (Å²) in [6, 6.07) is 0.461. The first-order chi connectivity index (χ1) is 8.31. The van der Waals surface area contributed by atoms with Crippen LogP contribution in [0.2, 0.25) is 0 Å². The van der Waals surface area contributed by atoms with Crippen molar-refractivity contribution in [2.75, 3.05) is 12.8 Å². The predicted octanol–water partition coefficient (Wildman–Crippen LogP) is 1.92. The van der Waals surface area contributed by atoms with E-state index in [9.17, 15) is 4.79 Å². The quantitative estimate of drug-likeness (QED) is 0.810. The van der Waals surface area contributed by atoms with Crippen LogP contribution in [0, 0.1) is 0 Å².